The molecular weight excluding hydrogens is 135 g/mol. The van der Waals surface area contributed by atoms with Crippen molar-refractivity contribution in [3.63, 3.8) is 0 Å². The average Bonchev–Trinajstić information content (AvgIpc) is 2.33. The minimum Gasteiger partial charge on any atom is -0.450 e. The Bertz CT molecular complexity index is 208. The summed E-state index contributed by atoms with van der Waals surface area (Å²) in [4.78, 5) is 10.7. The van der Waals surface area contributed by atoms with Gasteiger partial charge in [-0.15, -0.1) is 11.3 Å². The van der Waals surface area contributed by atoms with E-state index in [1.807, 2.05) is 0 Å². The quantitative estimate of drug-likeness (QED) is 0.455. The van der Waals surface area contributed by atoms with Crippen molar-refractivity contribution in [2.24, 2.45) is 0 Å². The highest BCUT2D eigenvalue weighted by atomic mass is 32.1. The number of aldehydes is 1. The number of hydrogen-bond acceptors (Lipinski definition) is 3. The van der Waals surface area contributed by atoms with Crippen LogP contribution in [0.5, 0.6) is 0 Å². The van der Waals surface area contributed by atoms with E-state index in [-0.39, 0.29) is 0 Å². The van der Waals surface area contributed by atoms with E-state index in [0.29, 0.717) is 10.3 Å². The van der Waals surface area contributed by atoms with Crippen LogP contribution in [0.2, 0.25) is 0 Å². The van der Waals surface area contributed by atoms with Crippen LogP contribution in [-0.4, -0.2) is 18.8 Å². The molecule has 0 saturated heterocycles. The third kappa shape index (κ3) is 1.20. The van der Waals surface area contributed by atoms with Crippen molar-refractivity contribution >= 4 is 30.6 Å². The molecule has 0 aliphatic rings. The van der Waals surface area contributed by atoms with Gasteiger partial charge in [0.05, 0.1) is 4.88 Å². The van der Waals surface area contributed by atoms with Gasteiger partial charge in [-0.05, 0) is 10.8 Å². The second kappa shape index (κ2) is 2.80. The van der Waals surface area contributed by atoms with Crippen LogP contribution >= 0.6 is 11.3 Å². The molecule has 0 fully saturated rings. The van der Waals surface area contributed by atoms with Crippen molar-refractivity contribution in [2.75, 3.05) is 0 Å². The summed E-state index contributed by atoms with van der Waals surface area (Å²) >= 11 is 1.31. The van der Waals surface area contributed by atoms with E-state index in [0.717, 1.165) is 13.8 Å². The Kier molecular flexibility index (Phi) is 2.03. The Hall–Kier alpha value is -0.605. The molecule has 1 N–H and O–H groups in total. The highest BCUT2D eigenvalue weighted by molar-refractivity contribution is 7.13. The maximum Gasteiger partial charge on any atom is 0.328 e. The van der Waals surface area contributed by atoms with Gasteiger partial charge in [-0.3, -0.25) is 4.79 Å². The Labute approximate surface area is 57.4 Å². The molecule has 9 heavy (non-hydrogen) atoms. The van der Waals surface area contributed by atoms with Gasteiger partial charge < -0.3 is 5.02 Å². The standard InChI is InChI=1S/C5H4BO2S/c7-3-5-4(6-8)1-2-9-5/h1-3,8H. The molecule has 0 unspecified atom stereocenters. The summed E-state index contributed by atoms with van der Waals surface area (Å²) in [5, 5.41) is 10.2. The second-order valence-corrected chi connectivity index (χ2v) is 2.43. The first-order valence-corrected chi connectivity index (χ1v) is 3.26. The Morgan fingerprint density at radius 3 is 3.00 bits per heavy atom. The van der Waals surface area contributed by atoms with E-state index in [2.05, 4.69) is 0 Å². The van der Waals surface area contributed by atoms with Crippen LogP contribution in [0.3, 0.4) is 0 Å². The molecule has 1 aromatic heterocycles. The Morgan fingerprint density at radius 1 is 1.78 bits per heavy atom. The molecule has 0 aromatic carbocycles. The van der Waals surface area contributed by atoms with Gasteiger partial charge in [0.25, 0.3) is 0 Å². The first-order valence-electron chi connectivity index (χ1n) is 2.38. The molecule has 2 nitrogen and oxygen atoms in total. The van der Waals surface area contributed by atoms with Gasteiger partial charge in [-0.25, -0.2) is 0 Å². The fourth-order valence-corrected chi connectivity index (χ4v) is 1.21. The van der Waals surface area contributed by atoms with Gasteiger partial charge in [-0.1, -0.05) is 6.07 Å². The molecule has 0 spiro atoms. The van der Waals surface area contributed by atoms with Crippen LogP contribution < -0.4 is 5.46 Å². The zero-order valence-electron chi connectivity index (χ0n) is 4.57. The van der Waals surface area contributed by atoms with Crippen molar-refractivity contribution in [1.29, 1.82) is 0 Å². The van der Waals surface area contributed by atoms with E-state index in [1.165, 1.54) is 11.3 Å². The van der Waals surface area contributed by atoms with E-state index in [4.69, 9.17) is 5.02 Å². The summed E-state index contributed by atoms with van der Waals surface area (Å²) in [7, 11) is 0.931. The average molecular weight is 139 g/mol. The minimum absolute atomic E-state index is 0.567. The third-order valence-corrected chi connectivity index (χ3v) is 1.83. The number of hydrogen-bond donors (Lipinski definition) is 1. The molecule has 1 heterocycles. The van der Waals surface area contributed by atoms with Crippen molar-refractivity contribution in [2.45, 2.75) is 0 Å². The maximum atomic E-state index is 10.1. The number of carbonyl (C=O) groups is 1. The number of thiophene rings is 1. The minimum atomic E-state index is 0.567. The summed E-state index contributed by atoms with van der Waals surface area (Å²) < 4.78 is 0. The van der Waals surface area contributed by atoms with E-state index in [9.17, 15) is 4.79 Å². The fraction of sp³-hybridized carbons (Fsp3) is 0. The third-order valence-electron chi connectivity index (χ3n) is 0.973. The van der Waals surface area contributed by atoms with Gasteiger partial charge in [0, 0.05) is 0 Å². The molecule has 0 amide bonds. The highest BCUT2D eigenvalue weighted by Gasteiger charge is 2.01. The van der Waals surface area contributed by atoms with Crippen molar-refractivity contribution < 1.29 is 9.82 Å². The Balaban J connectivity index is 2.98. The van der Waals surface area contributed by atoms with Crippen LogP contribution in [0.1, 0.15) is 9.67 Å². The number of carbonyl (C=O) groups excluding carboxylic acids is 1. The summed E-state index contributed by atoms with van der Waals surface area (Å²) in [5.74, 6) is 0. The lowest BCUT2D eigenvalue weighted by Gasteiger charge is -1.83. The summed E-state index contributed by atoms with van der Waals surface area (Å²) in [6, 6.07) is 1.69. The molecule has 4 heteroatoms. The number of rotatable bonds is 2. The van der Waals surface area contributed by atoms with Gasteiger partial charge in [0.15, 0.2) is 6.29 Å². The normalized spacial score (nSPS) is 9.00. The van der Waals surface area contributed by atoms with Crippen LogP contribution in [0.4, 0.5) is 0 Å². The van der Waals surface area contributed by atoms with Crippen LogP contribution in [0, 0.1) is 0 Å². The van der Waals surface area contributed by atoms with E-state index < -0.39 is 0 Å². The monoisotopic (exact) mass is 139 g/mol. The van der Waals surface area contributed by atoms with E-state index >= 15 is 0 Å². The molecular formula is C5H4BO2S. The summed E-state index contributed by atoms with van der Waals surface area (Å²) in [6.07, 6.45) is 0.729. The zero-order chi connectivity index (χ0) is 6.69. The first kappa shape index (κ1) is 6.51. The zero-order valence-corrected chi connectivity index (χ0v) is 5.39. The van der Waals surface area contributed by atoms with Crippen LogP contribution in [0.15, 0.2) is 11.4 Å². The molecule has 0 saturated carbocycles. The second-order valence-electron chi connectivity index (χ2n) is 1.49. The largest absolute Gasteiger partial charge is 0.450 e. The molecule has 45 valence electrons. The smallest absolute Gasteiger partial charge is 0.328 e. The van der Waals surface area contributed by atoms with Crippen molar-refractivity contribution in [3.8, 4) is 0 Å². The maximum absolute atomic E-state index is 10.1. The van der Waals surface area contributed by atoms with Crippen molar-refractivity contribution in [3.05, 3.63) is 16.3 Å². The summed E-state index contributed by atoms with van der Waals surface area (Å²) in [5.41, 5.74) is 0.593. The van der Waals surface area contributed by atoms with Crippen LogP contribution in [0.25, 0.3) is 0 Å². The van der Waals surface area contributed by atoms with Crippen LogP contribution in [-0.2, 0) is 0 Å². The predicted molar refractivity (Wildman–Crippen MR) is 37.3 cm³/mol. The van der Waals surface area contributed by atoms with Gasteiger partial charge in [-0.2, -0.15) is 0 Å². The molecule has 0 aliphatic carbocycles. The highest BCUT2D eigenvalue weighted by Crippen LogP contribution is 2.00. The van der Waals surface area contributed by atoms with E-state index in [1.54, 1.807) is 11.4 Å². The van der Waals surface area contributed by atoms with Gasteiger partial charge >= 0.3 is 7.48 Å². The fourth-order valence-electron chi connectivity index (χ4n) is 0.533. The first-order chi connectivity index (χ1) is 4.38. The molecule has 0 aliphatic heterocycles. The van der Waals surface area contributed by atoms with Crippen molar-refractivity contribution in [1.82, 2.24) is 0 Å². The molecule has 0 atom stereocenters. The lowest BCUT2D eigenvalue weighted by molar-refractivity contribution is 0.112. The molecule has 1 aromatic rings. The molecule has 0 bridgehead atoms. The molecule has 1 rings (SSSR count). The predicted octanol–water partition coefficient (Wildman–Crippen LogP) is -0.203. The summed E-state index contributed by atoms with van der Waals surface area (Å²) in [6.45, 7) is 0. The lowest BCUT2D eigenvalue weighted by Crippen LogP contribution is -2.14. The topological polar surface area (TPSA) is 37.3 Å². The molecule has 1 radical (unpaired) electrons. The Morgan fingerprint density at radius 2 is 2.56 bits per heavy atom. The lowest BCUT2D eigenvalue weighted by atomic mass is 9.90. The van der Waals surface area contributed by atoms with Gasteiger partial charge in [0.1, 0.15) is 0 Å². The van der Waals surface area contributed by atoms with Gasteiger partial charge in [0.2, 0.25) is 0 Å². The SMILES string of the molecule is O=Cc1sccc1[B]O.